The van der Waals surface area contributed by atoms with Gasteiger partial charge in [0.05, 0.1) is 5.56 Å². The standard InChI is InChI=1S/C15H22N2O/c1-15(2)10-6-9-13(15)17-14(18)11-7-4-5-8-12(11)16-3/h4-5,7-8,13,16H,6,9-10H2,1-3H3,(H,17,18). The van der Waals surface area contributed by atoms with Crippen molar-refractivity contribution in [2.45, 2.75) is 39.2 Å². The summed E-state index contributed by atoms with van der Waals surface area (Å²) in [4.78, 5) is 12.3. The number of nitrogens with one attached hydrogen (secondary N) is 2. The van der Waals surface area contributed by atoms with Gasteiger partial charge in [0.2, 0.25) is 0 Å². The monoisotopic (exact) mass is 246 g/mol. The summed E-state index contributed by atoms with van der Waals surface area (Å²) < 4.78 is 0. The zero-order chi connectivity index (χ0) is 13.2. The Kier molecular flexibility index (Phi) is 3.60. The molecule has 1 fully saturated rings. The highest BCUT2D eigenvalue weighted by Gasteiger charge is 2.35. The first-order valence-electron chi connectivity index (χ1n) is 6.62. The van der Waals surface area contributed by atoms with Gasteiger partial charge in [-0.1, -0.05) is 32.4 Å². The fourth-order valence-electron chi connectivity index (χ4n) is 2.73. The molecule has 0 saturated heterocycles. The number of carbonyl (C=O) groups excluding carboxylic acids is 1. The molecule has 1 aromatic rings. The Hall–Kier alpha value is -1.51. The number of amides is 1. The van der Waals surface area contributed by atoms with Crippen molar-refractivity contribution in [3.05, 3.63) is 29.8 Å². The third-order valence-electron chi connectivity index (χ3n) is 4.00. The summed E-state index contributed by atoms with van der Waals surface area (Å²) in [6.07, 6.45) is 3.47. The number of rotatable bonds is 3. The number of hydrogen-bond donors (Lipinski definition) is 2. The van der Waals surface area contributed by atoms with E-state index in [-0.39, 0.29) is 17.4 Å². The summed E-state index contributed by atoms with van der Waals surface area (Å²) in [6.45, 7) is 4.46. The quantitative estimate of drug-likeness (QED) is 0.860. The van der Waals surface area contributed by atoms with E-state index in [2.05, 4.69) is 24.5 Å². The van der Waals surface area contributed by atoms with Crippen molar-refractivity contribution in [3.63, 3.8) is 0 Å². The Balaban J connectivity index is 2.13. The number of carbonyl (C=O) groups is 1. The molecule has 1 saturated carbocycles. The molecule has 1 aliphatic carbocycles. The fourth-order valence-corrected chi connectivity index (χ4v) is 2.73. The van der Waals surface area contributed by atoms with Gasteiger partial charge in [0.1, 0.15) is 0 Å². The molecule has 1 amide bonds. The second-order valence-corrected chi connectivity index (χ2v) is 5.70. The minimum absolute atomic E-state index is 0.0277. The maximum Gasteiger partial charge on any atom is 0.253 e. The van der Waals surface area contributed by atoms with Crippen LogP contribution in [-0.4, -0.2) is 19.0 Å². The molecule has 98 valence electrons. The van der Waals surface area contributed by atoms with E-state index >= 15 is 0 Å². The Bertz CT molecular complexity index is 440. The second kappa shape index (κ2) is 5.01. The van der Waals surface area contributed by atoms with Gasteiger partial charge in [-0.25, -0.2) is 0 Å². The third kappa shape index (κ3) is 2.50. The molecule has 1 aromatic carbocycles. The molecule has 1 atom stereocenters. The molecule has 0 spiro atoms. The molecule has 0 heterocycles. The van der Waals surface area contributed by atoms with Crippen LogP contribution in [-0.2, 0) is 0 Å². The van der Waals surface area contributed by atoms with Gasteiger partial charge in [0.25, 0.3) is 5.91 Å². The normalized spacial score (nSPS) is 21.6. The molecule has 18 heavy (non-hydrogen) atoms. The average molecular weight is 246 g/mol. The van der Waals surface area contributed by atoms with Crippen LogP contribution in [0.2, 0.25) is 0 Å². The average Bonchev–Trinajstić information content (AvgIpc) is 2.68. The molecule has 0 aromatic heterocycles. The van der Waals surface area contributed by atoms with Crippen molar-refractivity contribution >= 4 is 11.6 Å². The minimum Gasteiger partial charge on any atom is -0.387 e. The van der Waals surface area contributed by atoms with Gasteiger partial charge in [-0.3, -0.25) is 4.79 Å². The SMILES string of the molecule is CNc1ccccc1C(=O)NC1CCCC1(C)C. The van der Waals surface area contributed by atoms with E-state index in [0.717, 1.165) is 17.7 Å². The first-order chi connectivity index (χ1) is 8.54. The van der Waals surface area contributed by atoms with Crippen LogP contribution < -0.4 is 10.6 Å². The van der Waals surface area contributed by atoms with Crippen LogP contribution in [0.25, 0.3) is 0 Å². The van der Waals surface area contributed by atoms with Gasteiger partial charge in [0, 0.05) is 18.8 Å². The van der Waals surface area contributed by atoms with E-state index in [1.54, 1.807) is 0 Å². The molecular weight excluding hydrogens is 224 g/mol. The summed E-state index contributed by atoms with van der Waals surface area (Å²) >= 11 is 0. The van der Waals surface area contributed by atoms with Crippen molar-refractivity contribution in [2.24, 2.45) is 5.41 Å². The van der Waals surface area contributed by atoms with Crippen LogP contribution in [0, 0.1) is 5.41 Å². The van der Waals surface area contributed by atoms with Crippen LogP contribution in [0.5, 0.6) is 0 Å². The molecule has 3 nitrogen and oxygen atoms in total. The van der Waals surface area contributed by atoms with Gasteiger partial charge in [-0.05, 0) is 30.4 Å². The molecular formula is C15H22N2O. The van der Waals surface area contributed by atoms with Crippen molar-refractivity contribution in [1.29, 1.82) is 0 Å². The number of hydrogen-bond acceptors (Lipinski definition) is 2. The highest BCUT2D eigenvalue weighted by atomic mass is 16.1. The van der Waals surface area contributed by atoms with Crippen molar-refractivity contribution in [3.8, 4) is 0 Å². The molecule has 0 radical (unpaired) electrons. The first kappa shape index (κ1) is 12.9. The van der Waals surface area contributed by atoms with Crippen LogP contribution >= 0.6 is 0 Å². The van der Waals surface area contributed by atoms with E-state index in [1.807, 2.05) is 31.3 Å². The molecule has 1 aliphatic rings. The van der Waals surface area contributed by atoms with E-state index in [4.69, 9.17) is 0 Å². The van der Waals surface area contributed by atoms with Crippen LogP contribution in [0.4, 0.5) is 5.69 Å². The summed E-state index contributed by atoms with van der Waals surface area (Å²) in [5.74, 6) is 0.0277. The predicted molar refractivity (Wildman–Crippen MR) is 74.9 cm³/mol. The van der Waals surface area contributed by atoms with Crippen LogP contribution in [0.3, 0.4) is 0 Å². The van der Waals surface area contributed by atoms with E-state index < -0.39 is 0 Å². The Morgan fingerprint density at radius 2 is 2.06 bits per heavy atom. The zero-order valence-corrected chi connectivity index (χ0v) is 11.4. The molecule has 1 unspecified atom stereocenters. The highest BCUT2D eigenvalue weighted by Crippen LogP contribution is 2.37. The zero-order valence-electron chi connectivity index (χ0n) is 11.4. The number of anilines is 1. The summed E-state index contributed by atoms with van der Waals surface area (Å²) in [5, 5.41) is 6.24. The van der Waals surface area contributed by atoms with Crippen molar-refractivity contribution in [1.82, 2.24) is 5.32 Å². The summed E-state index contributed by atoms with van der Waals surface area (Å²) in [5.41, 5.74) is 1.82. The molecule has 0 aliphatic heterocycles. The Morgan fingerprint density at radius 3 is 2.67 bits per heavy atom. The Morgan fingerprint density at radius 1 is 1.33 bits per heavy atom. The lowest BCUT2D eigenvalue weighted by Crippen LogP contribution is -2.41. The fraction of sp³-hybridized carbons (Fsp3) is 0.533. The lowest BCUT2D eigenvalue weighted by atomic mass is 9.87. The largest absolute Gasteiger partial charge is 0.387 e. The minimum atomic E-state index is 0.0277. The van der Waals surface area contributed by atoms with Gasteiger partial charge in [-0.2, -0.15) is 0 Å². The lowest BCUT2D eigenvalue weighted by Gasteiger charge is -2.28. The maximum atomic E-state index is 12.3. The molecule has 2 rings (SSSR count). The predicted octanol–water partition coefficient (Wildman–Crippen LogP) is 3.04. The Labute approximate surface area is 109 Å². The number of para-hydroxylation sites is 1. The molecule has 0 bridgehead atoms. The van der Waals surface area contributed by atoms with Crippen molar-refractivity contribution in [2.75, 3.05) is 12.4 Å². The van der Waals surface area contributed by atoms with Crippen LogP contribution in [0.1, 0.15) is 43.5 Å². The summed E-state index contributed by atoms with van der Waals surface area (Å²) in [7, 11) is 1.84. The first-order valence-corrected chi connectivity index (χ1v) is 6.62. The highest BCUT2D eigenvalue weighted by molar-refractivity contribution is 5.99. The van der Waals surface area contributed by atoms with E-state index in [1.165, 1.54) is 12.8 Å². The molecule has 3 heteroatoms. The van der Waals surface area contributed by atoms with Gasteiger partial charge in [-0.15, -0.1) is 0 Å². The number of benzene rings is 1. The van der Waals surface area contributed by atoms with E-state index in [0.29, 0.717) is 0 Å². The van der Waals surface area contributed by atoms with Gasteiger partial charge < -0.3 is 10.6 Å². The van der Waals surface area contributed by atoms with Gasteiger partial charge >= 0.3 is 0 Å². The smallest absolute Gasteiger partial charge is 0.253 e. The topological polar surface area (TPSA) is 41.1 Å². The van der Waals surface area contributed by atoms with Crippen LogP contribution in [0.15, 0.2) is 24.3 Å². The van der Waals surface area contributed by atoms with Crippen molar-refractivity contribution < 1.29 is 4.79 Å². The third-order valence-corrected chi connectivity index (χ3v) is 4.00. The second-order valence-electron chi connectivity index (χ2n) is 5.70. The van der Waals surface area contributed by atoms with Gasteiger partial charge in [0.15, 0.2) is 0 Å². The maximum absolute atomic E-state index is 12.3. The van der Waals surface area contributed by atoms with E-state index in [9.17, 15) is 4.79 Å². The summed E-state index contributed by atoms with van der Waals surface area (Å²) in [6, 6.07) is 7.91. The molecule has 2 N–H and O–H groups in total. The lowest BCUT2D eigenvalue weighted by molar-refractivity contribution is 0.0911.